The van der Waals surface area contributed by atoms with Crippen LogP contribution >= 0.6 is 0 Å². The third kappa shape index (κ3) is 2.83. The third-order valence-electron chi connectivity index (χ3n) is 4.46. The number of hydrogen-bond acceptors (Lipinski definition) is 6. The Bertz CT molecular complexity index is 397. The summed E-state index contributed by atoms with van der Waals surface area (Å²) in [5.41, 5.74) is 4.83. The maximum Gasteiger partial charge on any atom is 0.236 e. The van der Waals surface area contributed by atoms with E-state index in [4.69, 9.17) is 25.2 Å². The molecule has 2 unspecified atom stereocenters. The lowest BCUT2D eigenvalue weighted by Gasteiger charge is -2.37. The van der Waals surface area contributed by atoms with E-state index in [1.54, 1.807) is 19.1 Å². The van der Waals surface area contributed by atoms with Gasteiger partial charge in [-0.1, -0.05) is 5.16 Å². The molecule has 2 aliphatic rings. The zero-order valence-corrected chi connectivity index (χ0v) is 12.4. The average molecular weight is 301 g/mol. The van der Waals surface area contributed by atoms with Gasteiger partial charge >= 0.3 is 0 Å². The van der Waals surface area contributed by atoms with Crippen molar-refractivity contribution in [3.8, 4) is 0 Å². The molecule has 3 N–H and O–H groups in total. The van der Waals surface area contributed by atoms with Crippen molar-refractivity contribution in [1.29, 1.82) is 0 Å². The number of amides is 1. The third-order valence-corrected chi connectivity index (χ3v) is 4.46. The van der Waals surface area contributed by atoms with Gasteiger partial charge in [-0.2, -0.15) is 0 Å². The highest BCUT2D eigenvalue weighted by atomic mass is 16.5. The second-order valence-electron chi connectivity index (χ2n) is 5.44. The van der Waals surface area contributed by atoms with Gasteiger partial charge in [-0.25, -0.2) is 0 Å². The van der Waals surface area contributed by atoms with Gasteiger partial charge in [0.2, 0.25) is 5.91 Å². The van der Waals surface area contributed by atoms with Crippen LogP contribution in [0.4, 0.5) is 0 Å². The minimum atomic E-state index is -0.992. The number of carbonyl (C=O) groups excluding carboxylic acids is 1. The first kappa shape index (κ1) is 16.0. The molecule has 2 rings (SSSR count). The molecule has 2 saturated heterocycles. The van der Waals surface area contributed by atoms with Crippen LogP contribution in [0.5, 0.6) is 0 Å². The molecule has 8 heteroatoms. The van der Waals surface area contributed by atoms with Gasteiger partial charge in [0, 0.05) is 40.5 Å². The zero-order chi connectivity index (χ0) is 15.5. The van der Waals surface area contributed by atoms with Crippen molar-refractivity contribution in [1.82, 2.24) is 4.90 Å². The van der Waals surface area contributed by atoms with Gasteiger partial charge in [0.15, 0.2) is 5.84 Å². The lowest BCUT2D eigenvalue weighted by molar-refractivity contribution is -0.142. The summed E-state index contributed by atoms with van der Waals surface area (Å²) >= 11 is 0. The molecule has 0 aliphatic carbocycles. The predicted molar refractivity (Wildman–Crippen MR) is 74.1 cm³/mol. The minimum Gasteiger partial charge on any atom is -0.409 e. The molecule has 2 atom stereocenters. The van der Waals surface area contributed by atoms with E-state index in [0.717, 1.165) is 0 Å². The Morgan fingerprint density at radius 3 is 2.24 bits per heavy atom. The maximum atomic E-state index is 12.9. The Hall–Kier alpha value is -1.38. The van der Waals surface area contributed by atoms with Crippen LogP contribution in [-0.2, 0) is 19.0 Å². The summed E-state index contributed by atoms with van der Waals surface area (Å²) in [4.78, 5) is 14.6. The Kier molecular flexibility index (Phi) is 5.02. The van der Waals surface area contributed by atoms with Crippen molar-refractivity contribution < 1.29 is 24.2 Å². The number of nitrogens with two attached hydrogens (primary N) is 1. The highest BCUT2D eigenvalue weighted by Gasteiger charge is 2.49. The molecule has 0 saturated carbocycles. The van der Waals surface area contributed by atoms with E-state index in [-0.39, 0.29) is 24.0 Å². The van der Waals surface area contributed by atoms with Crippen molar-refractivity contribution in [3.63, 3.8) is 0 Å². The van der Waals surface area contributed by atoms with E-state index in [0.29, 0.717) is 39.1 Å². The van der Waals surface area contributed by atoms with Gasteiger partial charge < -0.3 is 30.1 Å². The average Bonchev–Trinajstić information content (AvgIpc) is 2.97. The molecule has 120 valence electrons. The molecular weight excluding hydrogens is 278 g/mol. The summed E-state index contributed by atoms with van der Waals surface area (Å²) in [6.45, 7) is 1.71. The number of nitrogens with zero attached hydrogens (tertiary/aromatic N) is 2. The van der Waals surface area contributed by atoms with Crippen LogP contribution in [0.2, 0.25) is 0 Å². The summed E-state index contributed by atoms with van der Waals surface area (Å²) in [5.74, 6) is -0.201. The van der Waals surface area contributed by atoms with E-state index in [1.807, 2.05) is 0 Å². The number of hydrogen-bond donors (Lipinski definition) is 2. The molecule has 8 nitrogen and oxygen atoms in total. The van der Waals surface area contributed by atoms with Crippen LogP contribution in [0.3, 0.4) is 0 Å². The molecule has 2 heterocycles. The number of oxime groups is 1. The number of amidine groups is 1. The van der Waals surface area contributed by atoms with Crippen molar-refractivity contribution in [2.45, 2.75) is 25.0 Å². The number of carbonyl (C=O) groups is 1. The maximum absolute atomic E-state index is 12.9. The summed E-state index contributed by atoms with van der Waals surface area (Å²) in [5, 5.41) is 12.1. The lowest BCUT2D eigenvalue weighted by Crippen LogP contribution is -2.53. The summed E-state index contributed by atoms with van der Waals surface area (Å²) in [6.07, 6.45) is 0.493. The van der Waals surface area contributed by atoms with Gasteiger partial charge in [-0.05, 0) is 12.8 Å². The van der Waals surface area contributed by atoms with Crippen molar-refractivity contribution >= 4 is 11.7 Å². The molecule has 2 aliphatic heterocycles. The summed E-state index contributed by atoms with van der Waals surface area (Å²) < 4.78 is 16.0. The topological polar surface area (TPSA) is 107 Å². The van der Waals surface area contributed by atoms with Crippen LogP contribution in [0, 0.1) is 5.41 Å². The van der Waals surface area contributed by atoms with Gasteiger partial charge in [0.25, 0.3) is 0 Å². The van der Waals surface area contributed by atoms with Crippen molar-refractivity contribution in [2.75, 3.05) is 40.5 Å². The Labute approximate surface area is 123 Å². The molecule has 0 spiro atoms. The fourth-order valence-electron chi connectivity index (χ4n) is 3.06. The van der Waals surface area contributed by atoms with Crippen LogP contribution in [-0.4, -0.2) is 74.6 Å². The van der Waals surface area contributed by atoms with E-state index in [1.165, 1.54) is 0 Å². The zero-order valence-electron chi connectivity index (χ0n) is 12.4. The minimum absolute atomic E-state index is 0.0503. The van der Waals surface area contributed by atoms with Crippen molar-refractivity contribution in [2.24, 2.45) is 16.3 Å². The first-order valence-corrected chi connectivity index (χ1v) is 6.99. The number of methoxy groups -OCH3 is 2. The fourth-order valence-corrected chi connectivity index (χ4v) is 3.06. The first-order chi connectivity index (χ1) is 10.1. The molecule has 0 aromatic rings. The smallest absolute Gasteiger partial charge is 0.236 e. The molecule has 0 radical (unpaired) electrons. The molecule has 1 amide bonds. The Morgan fingerprint density at radius 2 is 1.81 bits per heavy atom. The van der Waals surface area contributed by atoms with E-state index >= 15 is 0 Å². The largest absolute Gasteiger partial charge is 0.409 e. The SMILES string of the molecule is COC1CN(C(=O)C2(C(N)=NO)CCOCC2)CC1OC. The first-order valence-electron chi connectivity index (χ1n) is 6.99. The molecule has 0 bridgehead atoms. The van der Waals surface area contributed by atoms with Crippen LogP contribution in [0.15, 0.2) is 5.16 Å². The number of rotatable bonds is 4. The predicted octanol–water partition coefficient (Wildman–Crippen LogP) is -0.598. The second-order valence-corrected chi connectivity index (χ2v) is 5.44. The molecule has 0 aromatic carbocycles. The highest BCUT2D eigenvalue weighted by molar-refractivity contribution is 6.07. The monoisotopic (exact) mass is 301 g/mol. The van der Waals surface area contributed by atoms with Crippen LogP contribution in [0.25, 0.3) is 0 Å². The summed E-state index contributed by atoms with van der Waals surface area (Å²) in [6, 6.07) is 0. The van der Waals surface area contributed by atoms with Crippen molar-refractivity contribution in [3.05, 3.63) is 0 Å². The molecule has 0 aromatic heterocycles. The normalized spacial score (nSPS) is 29.6. The van der Waals surface area contributed by atoms with Gasteiger partial charge in [0.05, 0.1) is 0 Å². The van der Waals surface area contributed by atoms with Gasteiger partial charge in [-0.15, -0.1) is 0 Å². The van der Waals surface area contributed by atoms with Gasteiger partial charge in [0.1, 0.15) is 17.6 Å². The standard InChI is InChI=1S/C13H23N3O5/c1-19-9-7-16(8-10(9)20-2)12(17)13(11(14)15-18)3-5-21-6-4-13/h9-10,18H,3-8H2,1-2H3,(H2,14,15). The summed E-state index contributed by atoms with van der Waals surface area (Å²) in [7, 11) is 3.19. The van der Waals surface area contributed by atoms with E-state index < -0.39 is 5.41 Å². The number of ether oxygens (including phenoxy) is 3. The van der Waals surface area contributed by atoms with Crippen LogP contribution < -0.4 is 5.73 Å². The second kappa shape index (κ2) is 6.59. The van der Waals surface area contributed by atoms with Crippen LogP contribution in [0.1, 0.15) is 12.8 Å². The molecular formula is C13H23N3O5. The number of likely N-dealkylation sites (tertiary alicyclic amines) is 1. The fraction of sp³-hybridized carbons (Fsp3) is 0.846. The Morgan fingerprint density at radius 1 is 1.29 bits per heavy atom. The van der Waals surface area contributed by atoms with E-state index in [2.05, 4.69) is 5.16 Å². The Balaban J connectivity index is 2.20. The quantitative estimate of drug-likeness (QED) is 0.311. The highest BCUT2D eigenvalue weighted by Crippen LogP contribution is 2.34. The molecule has 2 fully saturated rings. The van der Waals surface area contributed by atoms with E-state index in [9.17, 15) is 4.79 Å². The lowest BCUT2D eigenvalue weighted by atomic mass is 9.77. The van der Waals surface area contributed by atoms with Gasteiger partial charge in [-0.3, -0.25) is 4.79 Å². The molecule has 21 heavy (non-hydrogen) atoms.